The van der Waals surface area contributed by atoms with Crippen molar-refractivity contribution in [3.8, 4) is 6.07 Å². The van der Waals surface area contributed by atoms with Crippen molar-refractivity contribution < 1.29 is 4.39 Å². The number of aromatic nitrogens is 1. The molecule has 1 aromatic heterocycles. The standard InChI is InChI=1S/C13H9ClFN3/c14-11-5-6-13(18-12(11)7-16)17-8-9-1-3-10(15)4-2-9/h1-6H,8H2,(H,17,18). The lowest BCUT2D eigenvalue weighted by Gasteiger charge is -2.06. The molecular weight excluding hydrogens is 253 g/mol. The van der Waals surface area contributed by atoms with Gasteiger partial charge in [0.25, 0.3) is 0 Å². The minimum atomic E-state index is -0.268. The van der Waals surface area contributed by atoms with Crippen molar-refractivity contribution in [3.63, 3.8) is 0 Å². The molecule has 0 aliphatic heterocycles. The van der Waals surface area contributed by atoms with Gasteiger partial charge < -0.3 is 5.32 Å². The van der Waals surface area contributed by atoms with Crippen LogP contribution in [0.3, 0.4) is 0 Å². The van der Waals surface area contributed by atoms with E-state index in [1.165, 1.54) is 12.1 Å². The fraction of sp³-hybridized carbons (Fsp3) is 0.0769. The molecule has 0 radical (unpaired) electrons. The largest absolute Gasteiger partial charge is 0.366 e. The van der Waals surface area contributed by atoms with Gasteiger partial charge in [0.15, 0.2) is 5.69 Å². The summed E-state index contributed by atoms with van der Waals surface area (Å²) in [6.45, 7) is 0.500. The number of hydrogen-bond donors (Lipinski definition) is 1. The fourth-order valence-corrected chi connectivity index (χ4v) is 1.56. The third-order valence-corrected chi connectivity index (χ3v) is 2.64. The quantitative estimate of drug-likeness (QED) is 0.922. The van der Waals surface area contributed by atoms with Crippen LogP contribution in [0.15, 0.2) is 36.4 Å². The molecule has 1 aromatic carbocycles. The van der Waals surface area contributed by atoms with Gasteiger partial charge in [-0.1, -0.05) is 23.7 Å². The fourth-order valence-electron chi connectivity index (χ4n) is 1.41. The number of benzene rings is 1. The van der Waals surface area contributed by atoms with Gasteiger partial charge in [0.05, 0.1) is 5.02 Å². The van der Waals surface area contributed by atoms with Gasteiger partial charge in [-0.2, -0.15) is 5.26 Å². The smallest absolute Gasteiger partial charge is 0.161 e. The summed E-state index contributed by atoms with van der Waals surface area (Å²) in [6, 6.07) is 11.4. The molecule has 3 nitrogen and oxygen atoms in total. The predicted molar refractivity (Wildman–Crippen MR) is 67.7 cm³/mol. The highest BCUT2D eigenvalue weighted by atomic mass is 35.5. The van der Waals surface area contributed by atoms with Crippen molar-refractivity contribution in [1.82, 2.24) is 4.98 Å². The zero-order valence-electron chi connectivity index (χ0n) is 9.32. The first-order chi connectivity index (χ1) is 8.69. The van der Waals surface area contributed by atoms with Crippen LogP contribution in [-0.4, -0.2) is 4.98 Å². The van der Waals surface area contributed by atoms with Crippen molar-refractivity contribution in [2.45, 2.75) is 6.54 Å². The number of hydrogen-bond acceptors (Lipinski definition) is 3. The van der Waals surface area contributed by atoms with E-state index in [0.29, 0.717) is 17.4 Å². The number of nitrogens with one attached hydrogen (secondary N) is 1. The van der Waals surface area contributed by atoms with Crippen molar-refractivity contribution in [2.24, 2.45) is 0 Å². The minimum Gasteiger partial charge on any atom is -0.366 e. The highest BCUT2D eigenvalue weighted by molar-refractivity contribution is 6.31. The number of rotatable bonds is 3. The second kappa shape index (κ2) is 5.48. The molecule has 5 heteroatoms. The van der Waals surface area contributed by atoms with E-state index in [1.807, 2.05) is 6.07 Å². The van der Waals surface area contributed by atoms with Crippen LogP contribution in [-0.2, 0) is 6.54 Å². The Labute approximate surface area is 109 Å². The first-order valence-electron chi connectivity index (χ1n) is 5.24. The Kier molecular flexibility index (Phi) is 3.75. The van der Waals surface area contributed by atoms with Gasteiger partial charge in [-0.25, -0.2) is 9.37 Å². The lowest BCUT2D eigenvalue weighted by molar-refractivity contribution is 0.627. The van der Waals surface area contributed by atoms with Crippen LogP contribution in [0, 0.1) is 17.1 Å². The van der Waals surface area contributed by atoms with Crippen molar-refractivity contribution in [2.75, 3.05) is 5.32 Å². The van der Waals surface area contributed by atoms with E-state index in [1.54, 1.807) is 24.3 Å². The maximum absolute atomic E-state index is 12.7. The molecule has 0 spiro atoms. The summed E-state index contributed by atoms with van der Waals surface area (Å²) < 4.78 is 12.7. The second-order valence-corrected chi connectivity index (χ2v) is 4.03. The van der Waals surface area contributed by atoms with E-state index in [4.69, 9.17) is 16.9 Å². The normalized spacial score (nSPS) is 9.83. The van der Waals surface area contributed by atoms with Crippen molar-refractivity contribution in [3.05, 3.63) is 58.5 Å². The Balaban J connectivity index is 2.06. The highest BCUT2D eigenvalue weighted by Gasteiger charge is 2.02. The molecule has 0 bridgehead atoms. The Morgan fingerprint density at radius 3 is 2.61 bits per heavy atom. The zero-order valence-corrected chi connectivity index (χ0v) is 10.1. The molecule has 0 unspecified atom stereocenters. The Hall–Kier alpha value is -2.12. The summed E-state index contributed by atoms with van der Waals surface area (Å²) in [4.78, 5) is 4.05. The van der Waals surface area contributed by atoms with Crippen molar-refractivity contribution >= 4 is 17.4 Å². The number of anilines is 1. The van der Waals surface area contributed by atoms with E-state index < -0.39 is 0 Å². The van der Waals surface area contributed by atoms with Crippen LogP contribution in [0.2, 0.25) is 5.02 Å². The van der Waals surface area contributed by atoms with Crippen LogP contribution >= 0.6 is 11.6 Å². The lowest BCUT2D eigenvalue weighted by atomic mass is 10.2. The van der Waals surface area contributed by atoms with Gasteiger partial charge in [0.2, 0.25) is 0 Å². The lowest BCUT2D eigenvalue weighted by Crippen LogP contribution is -2.02. The summed E-state index contributed by atoms with van der Waals surface area (Å²) in [7, 11) is 0. The van der Waals surface area contributed by atoms with Gasteiger partial charge in [0.1, 0.15) is 17.7 Å². The third kappa shape index (κ3) is 2.96. The molecule has 2 aromatic rings. The van der Waals surface area contributed by atoms with Crippen LogP contribution in [0.4, 0.5) is 10.2 Å². The molecule has 0 aliphatic rings. The first kappa shape index (κ1) is 12.3. The van der Waals surface area contributed by atoms with Crippen LogP contribution in [0.1, 0.15) is 11.3 Å². The maximum atomic E-state index is 12.7. The first-order valence-corrected chi connectivity index (χ1v) is 5.62. The molecule has 0 saturated carbocycles. The molecule has 1 N–H and O–H groups in total. The second-order valence-electron chi connectivity index (χ2n) is 3.62. The molecule has 0 saturated heterocycles. The van der Waals surface area contributed by atoms with E-state index >= 15 is 0 Å². The summed E-state index contributed by atoms with van der Waals surface area (Å²) in [5.74, 6) is 0.287. The minimum absolute atomic E-state index is 0.181. The average Bonchev–Trinajstić information content (AvgIpc) is 2.39. The Bertz CT molecular complexity index is 590. The topological polar surface area (TPSA) is 48.7 Å². The number of pyridine rings is 1. The molecule has 0 fully saturated rings. The van der Waals surface area contributed by atoms with Gasteiger partial charge in [-0.05, 0) is 29.8 Å². The highest BCUT2D eigenvalue weighted by Crippen LogP contribution is 2.16. The summed E-state index contributed by atoms with van der Waals surface area (Å²) in [5.41, 5.74) is 1.10. The molecule has 0 atom stereocenters. The maximum Gasteiger partial charge on any atom is 0.161 e. The van der Waals surface area contributed by atoms with Crippen LogP contribution < -0.4 is 5.32 Å². The molecule has 1 heterocycles. The molecular formula is C13H9ClFN3. The molecule has 18 heavy (non-hydrogen) atoms. The van der Waals surface area contributed by atoms with Gasteiger partial charge in [-0.3, -0.25) is 0 Å². The number of nitriles is 1. The predicted octanol–water partition coefficient (Wildman–Crippen LogP) is 3.36. The molecule has 90 valence electrons. The number of halogens is 2. The molecule has 0 amide bonds. The zero-order chi connectivity index (χ0) is 13.0. The average molecular weight is 262 g/mol. The van der Waals surface area contributed by atoms with E-state index in [0.717, 1.165) is 5.56 Å². The number of nitrogens with zero attached hydrogens (tertiary/aromatic N) is 2. The van der Waals surface area contributed by atoms with E-state index in [-0.39, 0.29) is 11.5 Å². The van der Waals surface area contributed by atoms with E-state index in [2.05, 4.69) is 10.3 Å². The summed E-state index contributed by atoms with van der Waals surface area (Å²) >= 11 is 5.78. The Morgan fingerprint density at radius 2 is 1.94 bits per heavy atom. The monoisotopic (exact) mass is 261 g/mol. The molecule has 2 rings (SSSR count). The molecule has 0 aliphatic carbocycles. The summed E-state index contributed by atoms with van der Waals surface area (Å²) in [5, 5.41) is 12.2. The SMILES string of the molecule is N#Cc1nc(NCc2ccc(F)cc2)ccc1Cl. The van der Waals surface area contributed by atoms with Crippen molar-refractivity contribution in [1.29, 1.82) is 5.26 Å². The Morgan fingerprint density at radius 1 is 1.22 bits per heavy atom. The van der Waals surface area contributed by atoms with Gasteiger partial charge in [-0.15, -0.1) is 0 Å². The van der Waals surface area contributed by atoms with Crippen LogP contribution in [0.25, 0.3) is 0 Å². The van der Waals surface area contributed by atoms with Gasteiger partial charge in [0, 0.05) is 6.54 Å². The third-order valence-electron chi connectivity index (χ3n) is 2.34. The van der Waals surface area contributed by atoms with E-state index in [9.17, 15) is 4.39 Å². The summed E-state index contributed by atoms with van der Waals surface area (Å²) in [6.07, 6.45) is 0. The van der Waals surface area contributed by atoms with Crippen LogP contribution in [0.5, 0.6) is 0 Å². The van der Waals surface area contributed by atoms with Gasteiger partial charge >= 0.3 is 0 Å².